The molecule has 7 nitrogen and oxygen atoms in total. The van der Waals surface area contributed by atoms with Crippen LogP contribution in [0.3, 0.4) is 0 Å². The summed E-state index contributed by atoms with van der Waals surface area (Å²) in [6.45, 7) is 7.53. The quantitative estimate of drug-likeness (QED) is 0.191. The fourth-order valence-electron chi connectivity index (χ4n) is 2.11. The van der Waals surface area contributed by atoms with Crippen molar-refractivity contribution in [2.45, 2.75) is 20.3 Å². The molecule has 1 aromatic carbocycles. The number of ether oxygens (including phenoxy) is 2. The average Bonchev–Trinajstić information content (AvgIpc) is 2.65. The van der Waals surface area contributed by atoms with Crippen molar-refractivity contribution in [3.63, 3.8) is 0 Å². The molecular formula is C19H33IN4O3. The van der Waals surface area contributed by atoms with Gasteiger partial charge in [0.1, 0.15) is 5.75 Å². The van der Waals surface area contributed by atoms with Gasteiger partial charge in [0.05, 0.1) is 13.7 Å². The number of carbonyl (C=O) groups excluding carboxylic acids is 1. The number of benzene rings is 1. The molecule has 0 fully saturated rings. The Kier molecular flexibility index (Phi) is 14.6. The first-order valence-corrected chi connectivity index (χ1v) is 9.01. The Morgan fingerprint density at radius 3 is 2.48 bits per heavy atom. The molecule has 0 aromatic heterocycles. The molecule has 0 heterocycles. The zero-order valence-corrected chi connectivity index (χ0v) is 19.0. The second-order valence-electron chi connectivity index (χ2n) is 6.21. The summed E-state index contributed by atoms with van der Waals surface area (Å²) in [5.41, 5.74) is 0.574. The minimum absolute atomic E-state index is 0. The van der Waals surface area contributed by atoms with Crippen molar-refractivity contribution in [3.05, 3.63) is 29.8 Å². The minimum Gasteiger partial charge on any atom is -0.497 e. The molecule has 1 amide bonds. The second kappa shape index (κ2) is 15.5. The normalized spacial score (nSPS) is 10.9. The van der Waals surface area contributed by atoms with Crippen LogP contribution in [0.15, 0.2) is 29.3 Å². The molecule has 1 rings (SSSR count). The summed E-state index contributed by atoms with van der Waals surface area (Å²) in [6.07, 6.45) is 1.07. The monoisotopic (exact) mass is 492 g/mol. The van der Waals surface area contributed by atoms with Crippen molar-refractivity contribution in [1.82, 2.24) is 16.0 Å². The van der Waals surface area contributed by atoms with Gasteiger partial charge in [-0.3, -0.25) is 9.79 Å². The minimum atomic E-state index is -0.132. The van der Waals surface area contributed by atoms with Crippen LogP contribution in [-0.4, -0.2) is 58.9 Å². The Labute approximate surface area is 179 Å². The maximum atomic E-state index is 12.1. The number of hydrogen-bond acceptors (Lipinski definition) is 4. The second-order valence-corrected chi connectivity index (χ2v) is 6.21. The van der Waals surface area contributed by atoms with Crippen molar-refractivity contribution in [1.29, 1.82) is 0 Å². The number of halogens is 1. The van der Waals surface area contributed by atoms with Crippen LogP contribution in [0.1, 0.15) is 30.6 Å². The van der Waals surface area contributed by atoms with E-state index in [4.69, 9.17) is 9.47 Å². The van der Waals surface area contributed by atoms with Crippen molar-refractivity contribution >= 4 is 35.8 Å². The van der Waals surface area contributed by atoms with Gasteiger partial charge in [0.25, 0.3) is 5.91 Å². The van der Waals surface area contributed by atoms with Crippen LogP contribution in [0, 0.1) is 5.92 Å². The van der Waals surface area contributed by atoms with Crippen molar-refractivity contribution in [2.75, 3.05) is 47.0 Å². The van der Waals surface area contributed by atoms with E-state index in [0.29, 0.717) is 49.4 Å². The van der Waals surface area contributed by atoms with Crippen LogP contribution in [0.4, 0.5) is 0 Å². The Balaban J connectivity index is 0.00000676. The van der Waals surface area contributed by atoms with E-state index in [1.54, 1.807) is 38.4 Å². The van der Waals surface area contributed by atoms with Crippen LogP contribution in [-0.2, 0) is 4.74 Å². The van der Waals surface area contributed by atoms with Gasteiger partial charge in [0.15, 0.2) is 5.96 Å². The van der Waals surface area contributed by atoms with E-state index in [0.717, 1.165) is 13.0 Å². The van der Waals surface area contributed by atoms with Gasteiger partial charge in [0, 0.05) is 38.9 Å². The summed E-state index contributed by atoms with van der Waals surface area (Å²) in [7, 11) is 3.29. The SMILES string of the molecule is CN=C(NCCNC(=O)c1cccc(OC)c1)NCCOCCC(C)C.I. The van der Waals surface area contributed by atoms with Gasteiger partial charge in [-0.05, 0) is 30.5 Å². The van der Waals surface area contributed by atoms with Crippen LogP contribution < -0.4 is 20.7 Å². The topological polar surface area (TPSA) is 84.0 Å². The average molecular weight is 492 g/mol. The lowest BCUT2D eigenvalue weighted by molar-refractivity contribution is 0.0954. The first kappa shape index (κ1) is 25.4. The first-order chi connectivity index (χ1) is 12.6. The molecular weight excluding hydrogens is 459 g/mol. The molecule has 0 atom stereocenters. The lowest BCUT2D eigenvalue weighted by Crippen LogP contribution is -2.42. The third-order valence-electron chi connectivity index (χ3n) is 3.64. The van der Waals surface area contributed by atoms with Crippen LogP contribution in [0.2, 0.25) is 0 Å². The number of guanidine groups is 1. The van der Waals surface area contributed by atoms with Crippen molar-refractivity contribution in [3.8, 4) is 5.75 Å². The maximum Gasteiger partial charge on any atom is 0.251 e. The fraction of sp³-hybridized carbons (Fsp3) is 0.579. The van der Waals surface area contributed by atoms with E-state index in [1.807, 2.05) is 0 Å². The number of nitrogens with zero attached hydrogens (tertiary/aromatic N) is 1. The van der Waals surface area contributed by atoms with Crippen molar-refractivity contribution < 1.29 is 14.3 Å². The molecule has 0 spiro atoms. The predicted molar refractivity (Wildman–Crippen MR) is 120 cm³/mol. The van der Waals surface area contributed by atoms with E-state index in [9.17, 15) is 4.79 Å². The van der Waals surface area contributed by atoms with Gasteiger partial charge >= 0.3 is 0 Å². The number of amides is 1. The molecule has 0 saturated heterocycles. The summed E-state index contributed by atoms with van der Waals surface area (Å²) >= 11 is 0. The van der Waals surface area contributed by atoms with E-state index in [2.05, 4.69) is 34.8 Å². The van der Waals surface area contributed by atoms with Crippen LogP contribution in [0.25, 0.3) is 0 Å². The highest BCUT2D eigenvalue weighted by molar-refractivity contribution is 14.0. The number of carbonyl (C=O) groups is 1. The summed E-state index contributed by atoms with van der Waals surface area (Å²) in [5.74, 6) is 1.88. The van der Waals surface area contributed by atoms with E-state index in [1.165, 1.54) is 0 Å². The fourth-order valence-corrected chi connectivity index (χ4v) is 2.11. The lowest BCUT2D eigenvalue weighted by atomic mass is 10.1. The van der Waals surface area contributed by atoms with Gasteiger partial charge < -0.3 is 25.4 Å². The Morgan fingerprint density at radius 2 is 1.81 bits per heavy atom. The van der Waals surface area contributed by atoms with Gasteiger partial charge in [0.2, 0.25) is 0 Å². The van der Waals surface area contributed by atoms with Gasteiger partial charge in [-0.25, -0.2) is 0 Å². The third-order valence-corrected chi connectivity index (χ3v) is 3.64. The summed E-state index contributed by atoms with van der Waals surface area (Å²) in [6, 6.07) is 7.06. The lowest BCUT2D eigenvalue weighted by Gasteiger charge is -2.13. The van der Waals surface area contributed by atoms with Gasteiger partial charge in [-0.15, -0.1) is 24.0 Å². The number of methoxy groups -OCH3 is 1. The number of rotatable bonds is 11. The molecule has 0 aliphatic rings. The molecule has 0 aliphatic carbocycles. The number of aliphatic imine (C=N–C) groups is 1. The maximum absolute atomic E-state index is 12.1. The Morgan fingerprint density at radius 1 is 1.11 bits per heavy atom. The van der Waals surface area contributed by atoms with E-state index < -0.39 is 0 Å². The zero-order chi connectivity index (χ0) is 19.2. The number of nitrogens with one attached hydrogen (secondary N) is 3. The highest BCUT2D eigenvalue weighted by atomic mass is 127. The smallest absolute Gasteiger partial charge is 0.251 e. The molecule has 0 saturated carbocycles. The third kappa shape index (κ3) is 11.7. The molecule has 0 unspecified atom stereocenters. The predicted octanol–water partition coefficient (Wildman–Crippen LogP) is 2.27. The molecule has 0 radical (unpaired) electrons. The van der Waals surface area contributed by atoms with Crippen molar-refractivity contribution in [2.24, 2.45) is 10.9 Å². The van der Waals surface area contributed by atoms with Gasteiger partial charge in [-0.1, -0.05) is 19.9 Å². The Bertz CT molecular complexity index is 568. The van der Waals surface area contributed by atoms with E-state index >= 15 is 0 Å². The molecule has 0 aliphatic heterocycles. The van der Waals surface area contributed by atoms with Crippen LogP contribution >= 0.6 is 24.0 Å². The molecule has 3 N–H and O–H groups in total. The largest absolute Gasteiger partial charge is 0.497 e. The Hall–Kier alpha value is -1.55. The molecule has 154 valence electrons. The molecule has 0 bridgehead atoms. The summed E-state index contributed by atoms with van der Waals surface area (Å²) in [4.78, 5) is 16.2. The molecule has 1 aromatic rings. The highest BCUT2D eigenvalue weighted by Crippen LogP contribution is 2.12. The number of hydrogen-bond donors (Lipinski definition) is 3. The zero-order valence-electron chi connectivity index (χ0n) is 16.7. The standard InChI is InChI=1S/C19H32N4O3.HI/c1-15(2)8-12-26-13-11-23-19(20-3)22-10-9-21-18(24)16-6-5-7-17(14-16)25-4;/h5-7,14-15H,8-13H2,1-4H3,(H,21,24)(H2,20,22,23);1H. The van der Waals surface area contributed by atoms with Gasteiger partial charge in [-0.2, -0.15) is 0 Å². The summed E-state index contributed by atoms with van der Waals surface area (Å²) in [5, 5.41) is 9.19. The van der Waals surface area contributed by atoms with E-state index in [-0.39, 0.29) is 29.9 Å². The highest BCUT2D eigenvalue weighted by Gasteiger charge is 2.06. The molecule has 27 heavy (non-hydrogen) atoms. The summed E-state index contributed by atoms with van der Waals surface area (Å²) < 4.78 is 10.7. The molecule has 8 heteroatoms. The first-order valence-electron chi connectivity index (χ1n) is 9.01. The van der Waals surface area contributed by atoms with Crippen LogP contribution in [0.5, 0.6) is 5.75 Å².